The number of benzene rings is 2. The molecule has 0 saturated heterocycles. The first-order chi connectivity index (χ1) is 14.2. The second-order valence-electron chi connectivity index (χ2n) is 6.45. The molecule has 0 amide bonds. The second kappa shape index (κ2) is 8.75. The van der Waals surface area contributed by atoms with Crippen molar-refractivity contribution in [3.05, 3.63) is 94.5 Å². The zero-order chi connectivity index (χ0) is 20.1. The van der Waals surface area contributed by atoms with Crippen LogP contribution in [0.5, 0.6) is 5.75 Å². The number of ether oxygens (including phenoxy) is 1. The Labute approximate surface area is 173 Å². The average Bonchev–Trinajstić information content (AvgIpc) is 3.43. The van der Waals surface area contributed by atoms with Gasteiger partial charge in [-0.05, 0) is 54.4 Å². The Kier molecular flexibility index (Phi) is 5.72. The summed E-state index contributed by atoms with van der Waals surface area (Å²) >= 11 is 1.56. The summed E-state index contributed by atoms with van der Waals surface area (Å²) < 4.78 is 12.9. The van der Waals surface area contributed by atoms with Crippen LogP contribution in [0.2, 0.25) is 0 Å². The van der Waals surface area contributed by atoms with E-state index in [1.54, 1.807) is 24.7 Å². The van der Waals surface area contributed by atoms with Crippen LogP contribution in [-0.2, 0) is 6.54 Å². The molecule has 0 fully saturated rings. The van der Waals surface area contributed by atoms with Crippen LogP contribution in [0.3, 0.4) is 0 Å². The lowest BCUT2D eigenvalue weighted by atomic mass is 10.1. The van der Waals surface area contributed by atoms with Crippen molar-refractivity contribution < 1.29 is 9.15 Å². The number of furan rings is 1. The highest BCUT2D eigenvalue weighted by Crippen LogP contribution is 2.21. The smallest absolute Gasteiger partial charge is 0.211 e. The summed E-state index contributed by atoms with van der Waals surface area (Å²) in [4.78, 5) is 0.813. The van der Waals surface area contributed by atoms with Gasteiger partial charge in [0.2, 0.25) is 4.80 Å². The van der Waals surface area contributed by atoms with Gasteiger partial charge in [-0.15, -0.1) is 16.4 Å². The molecule has 4 aromatic rings. The zero-order valence-corrected chi connectivity index (χ0v) is 17.1. The molecule has 0 N–H and O–H groups in total. The first kappa shape index (κ1) is 19.0. The highest BCUT2D eigenvalue weighted by atomic mass is 32.1. The number of thiazole rings is 1. The molecule has 0 aliphatic rings. The lowest BCUT2D eigenvalue weighted by Crippen LogP contribution is -2.16. The van der Waals surface area contributed by atoms with Crippen molar-refractivity contribution in [3.63, 3.8) is 0 Å². The minimum absolute atomic E-state index is 0.594. The van der Waals surface area contributed by atoms with Crippen molar-refractivity contribution in [1.29, 1.82) is 0 Å². The fourth-order valence-corrected chi connectivity index (χ4v) is 3.83. The molecule has 2 aromatic heterocycles. The first-order valence-electron chi connectivity index (χ1n) is 9.23. The Morgan fingerprint density at radius 2 is 1.83 bits per heavy atom. The molecule has 0 radical (unpaired) electrons. The van der Waals surface area contributed by atoms with Crippen LogP contribution in [0.4, 0.5) is 0 Å². The van der Waals surface area contributed by atoms with E-state index >= 15 is 0 Å². The van der Waals surface area contributed by atoms with E-state index in [-0.39, 0.29) is 0 Å². The fourth-order valence-electron chi connectivity index (χ4n) is 2.97. The molecule has 0 aliphatic carbocycles. The molecule has 0 saturated carbocycles. The van der Waals surface area contributed by atoms with Crippen molar-refractivity contribution in [2.75, 3.05) is 7.11 Å². The van der Waals surface area contributed by atoms with Crippen molar-refractivity contribution in [2.45, 2.75) is 13.5 Å². The topological polar surface area (TPSA) is 52.0 Å². The van der Waals surface area contributed by atoms with Gasteiger partial charge in [0.1, 0.15) is 11.5 Å². The minimum atomic E-state index is 0.594. The van der Waals surface area contributed by atoms with Gasteiger partial charge in [0.05, 0.1) is 31.3 Å². The van der Waals surface area contributed by atoms with Crippen LogP contribution in [-0.4, -0.2) is 17.4 Å². The summed E-state index contributed by atoms with van der Waals surface area (Å²) in [7, 11) is 1.66. The summed E-state index contributed by atoms with van der Waals surface area (Å²) in [5, 5.41) is 11.1. The maximum Gasteiger partial charge on any atom is 0.211 e. The van der Waals surface area contributed by atoms with Crippen LogP contribution in [0.15, 0.2) is 93.0 Å². The Balaban J connectivity index is 1.73. The number of aromatic nitrogens is 1. The molecule has 0 spiro atoms. The first-order valence-corrected chi connectivity index (χ1v) is 10.1. The molecule has 29 heavy (non-hydrogen) atoms. The Hall–Kier alpha value is -3.38. The molecule has 146 valence electrons. The lowest BCUT2D eigenvalue weighted by Gasteiger charge is -2.07. The molecule has 0 atom stereocenters. The van der Waals surface area contributed by atoms with E-state index in [1.165, 1.54) is 0 Å². The standard InChI is InChI=1S/C23H21N3O2S/c1-17(18-10-12-20(27-2)13-11-18)24-25-23-26(15-21-9-6-14-28-21)22(16-29-23)19-7-4-3-5-8-19/h3-14,16H,15H2,1-2H3/b24-17-,25-23+. The predicted octanol–water partition coefficient (Wildman–Crippen LogP) is 5.19. The molecule has 2 aromatic carbocycles. The summed E-state index contributed by atoms with van der Waals surface area (Å²) in [5.74, 6) is 1.69. The molecular formula is C23H21N3O2S. The highest BCUT2D eigenvalue weighted by Gasteiger charge is 2.10. The number of hydrogen-bond acceptors (Lipinski definition) is 5. The summed E-state index contributed by atoms with van der Waals surface area (Å²) in [6.45, 7) is 2.55. The van der Waals surface area contributed by atoms with Gasteiger partial charge < -0.3 is 13.7 Å². The number of nitrogens with zero attached hydrogens (tertiary/aromatic N) is 3. The average molecular weight is 404 g/mol. The van der Waals surface area contributed by atoms with Crippen LogP contribution in [0, 0.1) is 0 Å². The predicted molar refractivity (Wildman–Crippen MR) is 116 cm³/mol. The Morgan fingerprint density at radius 1 is 1.03 bits per heavy atom. The molecular weight excluding hydrogens is 382 g/mol. The largest absolute Gasteiger partial charge is 0.497 e. The highest BCUT2D eigenvalue weighted by molar-refractivity contribution is 7.07. The Bertz CT molecular complexity index is 1160. The van der Waals surface area contributed by atoms with E-state index in [9.17, 15) is 0 Å². The van der Waals surface area contributed by atoms with Gasteiger partial charge in [0, 0.05) is 5.38 Å². The van der Waals surface area contributed by atoms with Crippen LogP contribution >= 0.6 is 11.3 Å². The Morgan fingerprint density at radius 3 is 2.52 bits per heavy atom. The summed E-state index contributed by atoms with van der Waals surface area (Å²) in [5.41, 5.74) is 4.06. The van der Waals surface area contributed by atoms with Gasteiger partial charge >= 0.3 is 0 Å². The van der Waals surface area contributed by atoms with Crippen LogP contribution in [0.1, 0.15) is 18.2 Å². The third kappa shape index (κ3) is 4.38. The quantitative estimate of drug-likeness (QED) is 0.329. The van der Waals surface area contributed by atoms with E-state index < -0.39 is 0 Å². The molecule has 0 aliphatic heterocycles. The third-order valence-corrected chi connectivity index (χ3v) is 5.41. The minimum Gasteiger partial charge on any atom is -0.497 e. The number of rotatable bonds is 6. The van der Waals surface area contributed by atoms with Gasteiger partial charge in [-0.3, -0.25) is 0 Å². The van der Waals surface area contributed by atoms with Crippen molar-refractivity contribution >= 4 is 17.0 Å². The second-order valence-corrected chi connectivity index (χ2v) is 7.29. The normalized spacial score (nSPS) is 12.3. The molecule has 0 bridgehead atoms. The van der Waals surface area contributed by atoms with E-state index in [4.69, 9.17) is 9.15 Å². The van der Waals surface area contributed by atoms with Gasteiger partial charge in [0.15, 0.2) is 0 Å². The van der Waals surface area contributed by atoms with E-state index in [0.717, 1.165) is 38.8 Å². The van der Waals surface area contributed by atoms with Crippen LogP contribution in [0.25, 0.3) is 11.3 Å². The van der Waals surface area contributed by atoms with E-state index in [2.05, 4.69) is 32.3 Å². The van der Waals surface area contributed by atoms with Crippen LogP contribution < -0.4 is 9.54 Å². The molecule has 2 heterocycles. The van der Waals surface area contributed by atoms with Gasteiger partial charge in [-0.25, -0.2) is 0 Å². The van der Waals surface area contributed by atoms with E-state index in [1.807, 2.05) is 61.5 Å². The third-order valence-electron chi connectivity index (χ3n) is 4.55. The summed E-state index contributed by atoms with van der Waals surface area (Å²) in [6.07, 6.45) is 1.69. The molecule has 6 heteroatoms. The maximum absolute atomic E-state index is 5.56. The lowest BCUT2D eigenvalue weighted by molar-refractivity contribution is 0.415. The maximum atomic E-state index is 5.56. The molecule has 5 nitrogen and oxygen atoms in total. The van der Waals surface area contributed by atoms with Gasteiger partial charge in [-0.1, -0.05) is 30.3 Å². The SMILES string of the molecule is COc1ccc(/C(C)=N\N=c2\scc(-c3ccccc3)n2Cc2ccco2)cc1. The van der Waals surface area contributed by atoms with Gasteiger partial charge in [0.25, 0.3) is 0 Å². The molecule has 4 rings (SSSR count). The number of methoxy groups -OCH3 is 1. The zero-order valence-electron chi connectivity index (χ0n) is 16.3. The number of hydrogen-bond donors (Lipinski definition) is 0. The monoisotopic (exact) mass is 403 g/mol. The van der Waals surface area contributed by atoms with Crippen molar-refractivity contribution in [3.8, 4) is 17.0 Å². The van der Waals surface area contributed by atoms with Crippen molar-refractivity contribution in [1.82, 2.24) is 4.57 Å². The molecule has 0 unspecified atom stereocenters. The van der Waals surface area contributed by atoms with E-state index in [0.29, 0.717) is 6.54 Å². The van der Waals surface area contributed by atoms with Gasteiger partial charge in [-0.2, -0.15) is 5.10 Å². The van der Waals surface area contributed by atoms with Crippen molar-refractivity contribution in [2.24, 2.45) is 10.2 Å². The fraction of sp³-hybridized carbons (Fsp3) is 0.130. The summed E-state index contributed by atoms with van der Waals surface area (Å²) in [6, 6.07) is 21.9.